The lowest BCUT2D eigenvalue weighted by molar-refractivity contribution is 0.900. The molecular formula is C24H23N. The van der Waals surface area contributed by atoms with Crippen molar-refractivity contribution in [2.24, 2.45) is 4.99 Å². The van der Waals surface area contributed by atoms with Gasteiger partial charge in [0.25, 0.3) is 0 Å². The minimum atomic E-state index is 0.00149. The molecule has 0 saturated carbocycles. The van der Waals surface area contributed by atoms with Gasteiger partial charge in [0.2, 0.25) is 0 Å². The number of hydrogen-bond acceptors (Lipinski definition) is 1. The van der Waals surface area contributed by atoms with Gasteiger partial charge in [0, 0.05) is 11.1 Å². The first-order valence-corrected chi connectivity index (χ1v) is 8.62. The molecule has 1 atom stereocenters. The molecule has 3 aromatic rings. The van der Waals surface area contributed by atoms with E-state index in [0.29, 0.717) is 0 Å². The maximum absolute atomic E-state index is 5.17. The van der Waals surface area contributed by atoms with Gasteiger partial charge in [0.1, 0.15) is 0 Å². The molecule has 1 heteroatoms. The molecule has 0 aliphatic heterocycles. The van der Waals surface area contributed by atoms with E-state index in [4.69, 9.17) is 4.99 Å². The van der Waals surface area contributed by atoms with E-state index in [-0.39, 0.29) is 6.04 Å². The van der Waals surface area contributed by atoms with Crippen LogP contribution in [0.15, 0.2) is 108 Å². The van der Waals surface area contributed by atoms with Crippen molar-refractivity contribution in [1.82, 2.24) is 0 Å². The molecule has 0 bridgehead atoms. The lowest BCUT2D eigenvalue weighted by Gasteiger charge is -2.14. The molecule has 0 fully saturated rings. The summed E-state index contributed by atoms with van der Waals surface area (Å²) < 4.78 is 0. The Kier molecular flexibility index (Phi) is 5.58. The molecule has 0 aromatic heterocycles. The number of benzene rings is 3. The highest BCUT2D eigenvalue weighted by molar-refractivity contribution is 6.13. The largest absolute Gasteiger partial charge is 0.272 e. The lowest BCUT2D eigenvalue weighted by Crippen LogP contribution is -2.06. The van der Waals surface area contributed by atoms with Crippen LogP contribution in [0.1, 0.15) is 36.6 Å². The normalized spacial score (nSPS) is 11.4. The van der Waals surface area contributed by atoms with Crippen LogP contribution in [0.5, 0.6) is 0 Å². The Morgan fingerprint density at radius 3 is 1.56 bits per heavy atom. The van der Waals surface area contributed by atoms with Crippen molar-refractivity contribution in [3.63, 3.8) is 0 Å². The van der Waals surface area contributed by atoms with Crippen LogP contribution in [0.25, 0.3) is 0 Å². The van der Waals surface area contributed by atoms with Gasteiger partial charge in [0.05, 0.1) is 11.8 Å². The zero-order chi connectivity index (χ0) is 17.5. The fourth-order valence-electron chi connectivity index (χ4n) is 2.82. The van der Waals surface area contributed by atoms with E-state index in [0.717, 1.165) is 16.8 Å². The highest BCUT2D eigenvalue weighted by Crippen LogP contribution is 2.23. The summed E-state index contributed by atoms with van der Waals surface area (Å²) in [6.45, 7) is 4.24. The molecule has 25 heavy (non-hydrogen) atoms. The molecule has 0 aliphatic rings. The molecular weight excluding hydrogens is 302 g/mol. The minimum Gasteiger partial charge on any atom is -0.272 e. The quantitative estimate of drug-likeness (QED) is 0.389. The van der Waals surface area contributed by atoms with Crippen molar-refractivity contribution >= 4 is 5.71 Å². The summed E-state index contributed by atoms with van der Waals surface area (Å²) >= 11 is 0. The molecule has 3 rings (SSSR count). The zero-order valence-electron chi connectivity index (χ0n) is 14.8. The van der Waals surface area contributed by atoms with Gasteiger partial charge in [-0.25, -0.2) is 0 Å². The summed E-state index contributed by atoms with van der Waals surface area (Å²) in [5, 5.41) is 0. The predicted octanol–water partition coefficient (Wildman–Crippen LogP) is 6.23. The Morgan fingerprint density at radius 1 is 0.680 bits per heavy atom. The third-order valence-corrected chi connectivity index (χ3v) is 3.99. The Bertz CT molecular complexity index is 801. The van der Waals surface area contributed by atoms with E-state index < -0.39 is 0 Å². The van der Waals surface area contributed by atoms with E-state index in [1.807, 2.05) is 18.2 Å². The van der Waals surface area contributed by atoms with Gasteiger partial charge in [-0.15, -0.1) is 0 Å². The number of nitrogens with zero attached hydrogens (tertiary/aromatic N) is 1. The van der Waals surface area contributed by atoms with Crippen LogP contribution in [0, 0.1) is 0 Å². The van der Waals surface area contributed by atoms with Crippen LogP contribution in [0.4, 0.5) is 0 Å². The maximum Gasteiger partial charge on any atom is 0.0940 e. The van der Waals surface area contributed by atoms with E-state index in [1.165, 1.54) is 11.1 Å². The first kappa shape index (κ1) is 16.9. The number of allylic oxidation sites excluding steroid dienone is 1. The molecule has 0 saturated heterocycles. The van der Waals surface area contributed by atoms with Crippen LogP contribution in [-0.4, -0.2) is 5.71 Å². The lowest BCUT2D eigenvalue weighted by atomic mass is 10.00. The van der Waals surface area contributed by atoms with Crippen LogP contribution in [-0.2, 0) is 0 Å². The number of hydrogen-bond donors (Lipinski definition) is 0. The summed E-state index contributed by atoms with van der Waals surface area (Å²) in [6, 6.07) is 31.3. The summed E-state index contributed by atoms with van der Waals surface area (Å²) in [4.78, 5) is 5.17. The molecule has 0 radical (unpaired) electrons. The van der Waals surface area contributed by atoms with E-state index in [1.54, 1.807) is 0 Å². The van der Waals surface area contributed by atoms with Crippen LogP contribution in [0.3, 0.4) is 0 Å². The van der Waals surface area contributed by atoms with Gasteiger partial charge in [-0.3, -0.25) is 4.99 Å². The van der Waals surface area contributed by atoms with Crippen molar-refractivity contribution in [2.45, 2.75) is 19.9 Å². The zero-order valence-corrected chi connectivity index (χ0v) is 14.8. The molecule has 0 aliphatic carbocycles. The molecule has 0 spiro atoms. The molecule has 0 heterocycles. The molecule has 3 aromatic carbocycles. The van der Waals surface area contributed by atoms with Gasteiger partial charge < -0.3 is 0 Å². The summed E-state index contributed by atoms with van der Waals surface area (Å²) in [7, 11) is 0. The third-order valence-electron chi connectivity index (χ3n) is 3.99. The van der Waals surface area contributed by atoms with Crippen LogP contribution >= 0.6 is 0 Å². The highest BCUT2D eigenvalue weighted by atomic mass is 14.8. The summed E-state index contributed by atoms with van der Waals surface area (Å²) in [6.07, 6.45) is 2.22. The van der Waals surface area contributed by atoms with Crippen LogP contribution in [0.2, 0.25) is 0 Å². The van der Waals surface area contributed by atoms with Gasteiger partial charge in [-0.1, -0.05) is 103 Å². The maximum atomic E-state index is 5.17. The number of rotatable bonds is 5. The standard InChI is InChI=1S/C24H23N/c1-19(2)18-23(20-12-6-3-7-13-20)25-24(21-14-8-4-9-15-21)22-16-10-5-11-17-22/h3-18,23H,1-2H3. The number of aliphatic imine (C=N–C) groups is 1. The molecule has 0 N–H and O–H groups in total. The van der Waals surface area contributed by atoms with Gasteiger partial charge >= 0.3 is 0 Å². The Labute approximate surface area is 150 Å². The van der Waals surface area contributed by atoms with Crippen molar-refractivity contribution in [3.05, 3.63) is 119 Å². The molecule has 1 unspecified atom stereocenters. The summed E-state index contributed by atoms with van der Waals surface area (Å²) in [5.74, 6) is 0. The summed E-state index contributed by atoms with van der Waals surface area (Å²) in [5.41, 5.74) is 5.76. The fourth-order valence-corrected chi connectivity index (χ4v) is 2.82. The SMILES string of the molecule is CC(C)=CC(N=C(c1ccccc1)c1ccccc1)c1ccccc1. The second-order valence-electron chi connectivity index (χ2n) is 6.31. The van der Waals surface area contributed by atoms with Crippen molar-refractivity contribution in [3.8, 4) is 0 Å². The van der Waals surface area contributed by atoms with E-state index in [9.17, 15) is 0 Å². The van der Waals surface area contributed by atoms with E-state index >= 15 is 0 Å². The van der Waals surface area contributed by atoms with Gasteiger partial charge in [-0.05, 0) is 19.4 Å². The van der Waals surface area contributed by atoms with Gasteiger partial charge in [0.15, 0.2) is 0 Å². The van der Waals surface area contributed by atoms with Crippen LogP contribution < -0.4 is 0 Å². The third kappa shape index (κ3) is 4.54. The topological polar surface area (TPSA) is 12.4 Å². The average Bonchev–Trinajstić information content (AvgIpc) is 2.67. The van der Waals surface area contributed by atoms with Crippen molar-refractivity contribution < 1.29 is 0 Å². The Hall–Kier alpha value is -2.93. The fraction of sp³-hybridized carbons (Fsp3) is 0.125. The Morgan fingerprint density at radius 2 is 1.12 bits per heavy atom. The average molecular weight is 325 g/mol. The molecule has 1 nitrogen and oxygen atoms in total. The highest BCUT2D eigenvalue weighted by Gasteiger charge is 2.12. The minimum absolute atomic E-state index is 0.00149. The Balaban J connectivity index is 2.14. The smallest absolute Gasteiger partial charge is 0.0940 e. The molecule has 0 amide bonds. The van der Waals surface area contributed by atoms with Gasteiger partial charge in [-0.2, -0.15) is 0 Å². The van der Waals surface area contributed by atoms with E-state index in [2.05, 4.69) is 92.7 Å². The second kappa shape index (κ2) is 8.25. The first-order chi connectivity index (χ1) is 12.2. The van der Waals surface area contributed by atoms with Crippen molar-refractivity contribution in [1.29, 1.82) is 0 Å². The monoisotopic (exact) mass is 325 g/mol. The predicted molar refractivity (Wildman–Crippen MR) is 107 cm³/mol. The molecule has 124 valence electrons. The first-order valence-electron chi connectivity index (χ1n) is 8.62. The second-order valence-corrected chi connectivity index (χ2v) is 6.31. The van der Waals surface area contributed by atoms with Crippen molar-refractivity contribution in [2.75, 3.05) is 0 Å².